The topological polar surface area (TPSA) is 72.6 Å². The molecule has 25 heavy (non-hydrogen) atoms. The zero-order chi connectivity index (χ0) is 18.1. The van der Waals surface area contributed by atoms with Gasteiger partial charge >= 0.3 is 5.97 Å². The van der Waals surface area contributed by atoms with Crippen LogP contribution >= 0.6 is 11.8 Å². The van der Waals surface area contributed by atoms with E-state index in [-0.39, 0.29) is 5.75 Å². The molecule has 0 saturated heterocycles. The summed E-state index contributed by atoms with van der Waals surface area (Å²) in [6.07, 6.45) is 2.68. The van der Waals surface area contributed by atoms with Crippen molar-refractivity contribution in [1.82, 2.24) is 4.98 Å². The molecule has 2 aromatic rings. The first-order valence-electron chi connectivity index (χ1n) is 8.11. The van der Waals surface area contributed by atoms with Crippen LogP contribution in [0.25, 0.3) is 11.5 Å². The Kier molecular flexibility index (Phi) is 7.76. The Hall–Kier alpha value is -2.05. The molecule has 6 heteroatoms. The van der Waals surface area contributed by atoms with E-state index in [1.807, 2.05) is 50.3 Å². The summed E-state index contributed by atoms with van der Waals surface area (Å²) in [4.78, 5) is 15.0. The standard InChI is InChI=1S/C19H23NO4S/c1-14(12-25-13-18(21)22)8-10-23-11-9-17-15(2)24-19(20-17)16-6-4-3-5-7-16/h3-8H,9-13H2,1-2H3,(H,21,22). The van der Waals surface area contributed by atoms with Crippen LogP contribution in [0.3, 0.4) is 0 Å². The molecule has 0 bridgehead atoms. The monoisotopic (exact) mass is 361 g/mol. The number of aromatic nitrogens is 1. The second-order valence-electron chi connectivity index (χ2n) is 5.65. The fraction of sp³-hybridized carbons (Fsp3) is 0.368. The van der Waals surface area contributed by atoms with E-state index in [9.17, 15) is 4.79 Å². The lowest BCUT2D eigenvalue weighted by Gasteiger charge is -2.02. The second-order valence-corrected chi connectivity index (χ2v) is 6.64. The minimum atomic E-state index is -0.785. The van der Waals surface area contributed by atoms with Gasteiger partial charge in [0.1, 0.15) is 5.76 Å². The Morgan fingerprint density at radius 2 is 2.08 bits per heavy atom. The zero-order valence-electron chi connectivity index (χ0n) is 14.5. The molecule has 0 fully saturated rings. The molecule has 1 aromatic heterocycles. The second kappa shape index (κ2) is 10.1. The first kappa shape index (κ1) is 19.3. The molecule has 5 nitrogen and oxygen atoms in total. The number of nitrogens with zero attached hydrogens (tertiary/aromatic N) is 1. The maximum absolute atomic E-state index is 10.5. The highest BCUT2D eigenvalue weighted by atomic mass is 32.2. The van der Waals surface area contributed by atoms with Gasteiger partial charge in [0.25, 0.3) is 0 Å². The van der Waals surface area contributed by atoms with E-state index in [0.29, 0.717) is 31.3 Å². The van der Waals surface area contributed by atoms with Gasteiger partial charge in [0.15, 0.2) is 0 Å². The van der Waals surface area contributed by atoms with Crippen LogP contribution in [0.4, 0.5) is 0 Å². The minimum absolute atomic E-state index is 0.126. The molecule has 1 heterocycles. The van der Waals surface area contributed by atoms with Crippen LogP contribution in [0.5, 0.6) is 0 Å². The van der Waals surface area contributed by atoms with E-state index >= 15 is 0 Å². The van der Waals surface area contributed by atoms with Gasteiger partial charge in [-0.25, -0.2) is 4.98 Å². The van der Waals surface area contributed by atoms with Gasteiger partial charge in [-0.3, -0.25) is 4.79 Å². The third-order valence-electron chi connectivity index (χ3n) is 3.50. The molecule has 134 valence electrons. The Morgan fingerprint density at radius 3 is 2.80 bits per heavy atom. The summed E-state index contributed by atoms with van der Waals surface area (Å²) in [6, 6.07) is 9.83. The van der Waals surface area contributed by atoms with Crippen molar-refractivity contribution in [3.8, 4) is 11.5 Å². The molecule has 0 radical (unpaired) electrons. The fourth-order valence-corrected chi connectivity index (χ4v) is 2.89. The Bertz CT molecular complexity index is 709. The van der Waals surface area contributed by atoms with E-state index in [2.05, 4.69) is 4.98 Å². The highest BCUT2D eigenvalue weighted by Gasteiger charge is 2.10. The summed E-state index contributed by atoms with van der Waals surface area (Å²) in [5.74, 6) is 1.50. The molecule has 0 spiro atoms. The third-order valence-corrected chi connectivity index (χ3v) is 4.61. The van der Waals surface area contributed by atoms with E-state index in [1.165, 1.54) is 11.8 Å². The van der Waals surface area contributed by atoms with E-state index in [0.717, 1.165) is 22.6 Å². The molecule has 1 aromatic carbocycles. The molecule has 2 rings (SSSR count). The number of aryl methyl sites for hydroxylation is 1. The van der Waals surface area contributed by atoms with Crippen molar-refractivity contribution in [3.05, 3.63) is 53.4 Å². The molecule has 0 unspecified atom stereocenters. The van der Waals surface area contributed by atoms with Crippen molar-refractivity contribution in [2.75, 3.05) is 24.7 Å². The van der Waals surface area contributed by atoms with E-state index < -0.39 is 5.97 Å². The maximum Gasteiger partial charge on any atom is 0.313 e. The van der Waals surface area contributed by atoms with Crippen LogP contribution < -0.4 is 0 Å². The summed E-state index contributed by atoms with van der Waals surface area (Å²) in [7, 11) is 0. The van der Waals surface area contributed by atoms with E-state index in [4.69, 9.17) is 14.3 Å². The lowest BCUT2D eigenvalue weighted by atomic mass is 10.2. The van der Waals surface area contributed by atoms with Crippen molar-refractivity contribution < 1.29 is 19.1 Å². The lowest BCUT2D eigenvalue weighted by Crippen LogP contribution is -2.02. The summed E-state index contributed by atoms with van der Waals surface area (Å²) in [6.45, 7) is 4.97. The molecule has 0 aliphatic carbocycles. The van der Waals surface area contributed by atoms with Gasteiger partial charge in [-0.15, -0.1) is 11.8 Å². The van der Waals surface area contributed by atoms with Crippen LogP contribution in [0.1, 0.15) is 18.4 Å². The third kappa shape index (κ3) is 6.76. The average Bonchev–Trinajstić information content (AvgIpc) is 2.96. The molecular weight excluding hydrogens is 338 g/mol. The van der Waals surface area contributed by atoms with Crippen LogP contribution in [0.15, 0.2) is 46.4 Å². The first-order valence-corrected chi connectivity index (χ1v) is 9.26. The van der Waals surface area contributed by atoms with Crippen LogP contribution in [-0.4, -0.2) is 40.8 Å². The number of rotatable bonds is 10. The molecule has 0 amide bonds. The summed E-state index contributed by atoms with van der Waals surface area (Å²) >= 11 is 1.39. The Labute approximate surface area is 152 Å². The van der Waals surface area contributed by atoms with Crippen LogP contribution in [0, 0.1) is 6.92 Å². The zero-order valence-corrected chi connectivity index (χ0v) is 15.3. The van der Waals surface area contributed by atoms with Gasteiger partial charge in [0.05, 0.1) is 24.7 Å². The number of aliphatic carboxylic acids is 1. The molecule has 0 atom stereocenters. The van der Waals surface area contributed by atoms with Gasteiger partial charge in [-0.1, -0.05) is 29.8 Å². The van der Waals surface area contributed by atoms with Gasteiger partial charge < -0.3 is 14.3 Å². The minimum Gasteiger partial charge on any atom is -0.481 e. The number of ether oxygens (including phenoxy) is 1. The number of thioether (sulfide) groups is 1. The van der Waals surface area contributed by atoms with Crippen molar-refractivity contribution in [1.29, 1.82) is 0 Å². The highest BCUT2D eigenvalue weighted by Crippen LogP contribution is 2.21. The number of oxazole rings is 1. The van der Waals surface area contributed by atoms with Gasteiger partial charge in [-0.05, 0) is 26.0 Å². The predicted molar refractivity (Wildman–Crippen MR) is 99.9 cm³/mol. The maximum atomic E-state index is 10.5. The molecule has 0 aliphatic heterocycles. The lowest BCUT2D eigenvalue weighted by molar-refractivity contribution is -0.133. The summed E-state index contributed by atoms with van der Waals surface area (Å²) < 4.78 is 11.4. The summed E-state index contributed by atoms with van der Waals surface area (Å²) in [5, 5.41) is 8.60. The average molecular weight is 361 g/mol. The first-order chi connectivity index (χ1) is 12.1. The molecule has 0 saturated carbocycles. The van der Waals surface area contributed by atoms with Crippen molar-refractivity contribution in [3.63, 3.8) is 0 Å². The Morgan fingerprint density at radius 1 is 1.32 bits per heavy atom. The van der Waals surface area contributed by atoms with Crippen molar-refractivity contribution >= 4 is 17.7 Å². The molecule has 1 N–H and O–H groups in total. The van der Waals surface area contributed by atoms with Crippen molar-refractivity contribution in [2.45, 2.75) is 20.3 Å². The number of carbonyl (C=O) groups is 1. The van der Waals surface area contributed by atoms with Gasteiger partial charge in [0, 0.05) is 17.7 Å². The number of hydrogen-bond acceptors (Lipinski definition) is 5. The Balaban J connectivity index is 1.73. The number of carboxylic acids is 1. The normalized spacial score (nSPS) is 11.7. The number of carboxylic acid groups (broad SMARTS) is 1. The highest BCUT2D eigenvalue weighted by molar-refractivity contribution is 8.00. The van der Waals surface area contributed by atoms with E-state index in [1.54, 1.807) is 0 Å². The fourth-order valence-electron chi connectivity index (χ4n) is 2.18. The molecular formula is C19H23NO4S. The van der Waals surface area contributed by atoms with Gasteiger partial charge in [0.2, 0.25) is 5.89 Å². The smallest absolute Gasteiger partial charge is 0.313 e. The quantitative estimate of drug-likeness (QED) is 0.510. The largest absolute Gasteiger partial charge is 0.481 e. The summed E-state index contributed by atoms with van der Waals surface area (Å²) in [5.41, 5.74) is 3.00. The molecule has 0 aliphatic rings. The van der Waals surface area contributed by atoms with Crippen molar-refractivity contribution in [2.24, 2.45) is 0 Å². The number of benzene rings is 1. The van der Waals surface area contributed by atoms with Crippen LogP contribution in [-0.2, 0) is 16.0 Å². The van der Waals surface area contributed by atoms with Crippen LogP contribution in [0.2, 0.25) is 0 Å². The predicted octanol–water partition coefficient (Wildman–Crippen LogP) is 3.97. The number of hydrogen-bond donors (Lipinski definition) is 1. The SMILES string of the molecule is CC(=CCOCCc1nc(-c2ccccc2)oc1C)CSCC(=O)O. The van der Waals surface area contributed by atoms with Gasteiger partial charge in [-0.2, -0.15) is 0 Å².